The molecule has 0 heterocycles. The maximum atomic E-state index is 10.8. The van der Waals surface area contributed by atoms with Crippen LogP contribution in [0.3, 0.4) is 0 Å². The second-order valence-electron chi connectivity index (χ2n) is 4.76. The van der Waals surface area contributed by atoms with Crippen molar-refractivity contribution in [3.63, 3.8) is 0 Å². The van der Waals surface area contributed by atoms with Crippen molar-refractivity contribution in [3.8, 4) is 0 Å². The predicted octanol–water partition coefficient (Wildman–Crippen LogP) is 3.52. The largest absolute Gasteiger partial charge is 0.331 e. The van der Waals surface area contributed by atoms with Crippen molar-refractivity contribution in [2.45, 2.75) is 48.5 Å². The van der Waals surface area contributed by atoms with Gasteiger partial charge in [-0.2, -0.15) is 0 Å². The van der Waals surface area contributed by atoms with E-state index in [1.165, 1.54) is 34.7 Å². The Morgan fingerprint density at radius 2 is 1.22 bits per heavy atom. The van der Waals surface area contributed by atoms with Crippen LogP contribution in [0.2, 0.25) is 0 Å². The van der Waals surface area contributed by atoms with Gasteiger partial charge in [0.1, 0.15) is 0 Å². The van der Waals surface area contributed by atoms with E-state index in [0.29, 0.717) is 0 Å². The summed E-state index contributed by atoms with van der Waals surface area (Å²) in [5, 5.41) is 3.89. The summed E-state index contributed by atoms with van der Waals surface area (Å²) in [6.45, 7) is 13.7. The number of carbonyl (C=O) groups excluding carboxylic acids is 1. The van der Waals surface area contributed by atoms with Crippen LogP contribution in [-0.2, 0) is 9.63 Å². The lowest BCUT2D eigenvalue weighted by Gasteiger charge is -2.18. The molecule has 0 atom stereocenters. The van der Waals surface area contributed by atoms with Crippen LogP contribution in [0.5, 0.6) is 0 Å². The number of carbonyl (C=O) groups is 1. The third-order valence-corrected chi connectivity index (χ3v) is 3.67. The van der Waals surface area contributed by atoms with Crippen LogP contribution in [-0.4, -0.2) is 11.7 Å². The summed E-state index contributed by atoms with van der Waals surface area (Å²) >= 11 is 0. The lowest BCUT2D eigenvalue weighted by atomic mass is 9.88. The molecule has 0 radical (unpaired) electrons. The Morgan fingerprint density at radius 3 is 1.61 bits per heavy atom. The molecule has 1 rings (SSSR count). The average Bonchev–Trinajstić information content (AvgIpc) is 2.31. The highest BCUT2D eigenvalue weighted by Gasteiger charge is 2.14. The second-order valence-corrected chi connectivity index (χ2v) is 4.76. The molecular weight excluding hydrogens is 226 g/mol. The zero-order valence-electron chi connectivity index (χ0n) is 12.3. The monoisotopic (exact) mass is 247 g/mol. The van der Waals surface area contributed by atoms with Gasteiger partial charge in [-0.25, -0.2) is 4.79 Å². The van der Waals surface area contributed by atoms with E-state index in [1.807, 2.05) is 6.92 Å². The Kier molecular flexibility index (Phi) is 4.28. The van der Waals surface area contributed by atoms with E-state index in [0.717, 1.165) is 11.3 Å². The van der Waals surface area contributed by atoms with E-state index in [-0.39, 0.29) is 0 Å². The average molecular weight is 247 g/mol. The first-order chi connectivity index (χ1) is 8.27. The molecule has 0 aliphatic heterocycles. The van der Waals surface area contributed by atoms with Gasteiger partial charge in [0.05, 0.1) is 5.71 Å². The Balaban J connectivity index is 3.42. The van der Waals surface area contributed by atoms with E-state index in [9.17, 15) is 4.79 Å². The Morgan fingerprint density at radius 1 is 0.833 bits per heavy atom. The van der Waals surface area contributed by atoms with Crippen molar-refractivity contribution in [2.24, 2.45) is 5.16 Å². The van der Waals surface area contributed by atoms with Crippen LogP contribution < -0.4 is 0 Å². The van der Waals surface area contributed by atoms with Gasteiger partial charge in [-0.1, -0.05) is 5.16 Å². The molecule has 3 nitrogen and oxygen atoms in total. The summed E-state index contributed by atoms with van der Waals surface area (Å²) in [5.74, 6) is -0.398. The van der Waals surface area contributed by atoms with E-state index in [1.54, 1.807) is 0 Å². The topological polar surface area (TPSA) is 38.7 Å². The fourth-order valence-electron chi connectivity index (χ4n) is 2.22. The molecule has 0 aromatic heterocycles. The van der Waals surface area contributed by atoms with Gasteiger partial charge in [0.2, 0.25) is 0 Å². The summed E-state index contributed by atoms with van der Waals surface area (Å²) in [7, 11) is 0. The SMILES string of the molecule is CC(=O)O/N=C(\C)c1c(C)c(C)c(C)c(C)c1C. The molecule has 0 amide bonds. The van der Waals surface area contributed by atoms with Crippen molar-refractivity contribution >= 4 is 11.7 Å². The number of rotatable bonds is 2. The van der Waals surface area contributed by atoms with Crippen molar-refractivity contribution in [1.82, 2.24) is 0 Å². The minimum absolute atomic E-state index is 0.398. The van der Waals surface area contributed by atoms with Gasteiger partial charge in [0, 0.05) is 12.5 Å². The molecule has 0 N–H and O–H groups in total. The van der Waals surface area contributed by atoms with Crippen LogP contribution in [0.4, 0.5) is 0 Å². The summed E-state index contributed by atoms with van der Waals surface area (Å²) in [5.41, 5.74) is 8.07. The third kappa shape index (κ3) is 2.61. The Hall–Kier alpha value is -1.64. The van der Waals surface area contributed by atoms with Crippen molar-refractivity contribution in [3.05, 3.63) is 33.4 Å². The summed E-state index contributed by atoms with van der Waals surface area (Å²) in [6.07, 6.45) is 0. The minimum atomic E-state index is -0.398. The van der Waals surface area contributed by atoms with Gasteiger partial charge in [0.15, 0.2) is 0 Å². The number of oxime groups is 1. The van der Waals surface area contributed by atoms with Crippen LogP contribution >= 0.6 is 0 Å². The molecule has 0 bridgehead atoms. The normalized spacial score (nSPS) is 11.6. The molecule has 3 heteroatoms. The molecule has 98 valence electrons. The molecule has 0 spiro atoms. The van der Waals surface area contributed by atoms with E-state index in [2.05, 4.69) is 39.8 Å². The highest BCUT2D eigenvalue weighted by atomic mass is 16.7. The first-order valence-corrected chi connectivity index (χ1v) is 6.06. The standard InChI is InChI=1S/C15H21NO2/c1-8-9(2)11(4)15(12(5)10(8)3)13(6)16-18-14(7)17/h1-7H3/b16-13+. The molecule has 0 unspecified atom stereocenters. The lowest BCUT2D eigenvalue weighted by molar-refractivity contribution is -0.140. The Labute approximate surface area is 109 Å². The third-order valence-electron chi connectivity index (χ3n) is 3.67. The first kappa shape index (κ1) is 14.4. The highest BCUT2D eigenvalue weighted by Crippen LogP contribution is 2.26. The quantitative estimate of drug-likeness (QED) is 0.455. The maximum absolute atomic E-state index is 10.8. The van der Waals surface area contributed by atoms with Gasteiger partial charge >= 0.3 is 5.97 Å². The number of nitrogens with zero attached hydrogens (tertiary/aromatic N) is 1. The summed E-state index contributed by atoms with van der Waals surface area (Å²) < 4.78 is 0. The molecule has 18 heavy (non-hydrogen) atoms. The molecular formula is C15H21NO2. The van der Waals surface area contributed by atoms with Crippen LogP contribution in [0.15, 0.2) is 5.16 Å². The van der Waals surface area contributed by atoms with Gasteiger partial charge in [-0.05, 0) is 69.4 Å². The molecule has 0 saturated heterocycles. The maximum Gasteiger partial charge on any atom is 0.331 e. The van der Waals surface area contributed by atoms with Crippen molar-refractivity contribution < 1.29 is 9.63 Å². The van der Waals surface area contributed by atoms with E-state index >= 15 is 0 Å². The van der Waals surface area contributed by atoms with E-state index < -0.39 is 5.97 Å². The fourth-order valence-corrected chi connectivity index (χ4v) is 2.22. The highest BCUT2D eigenvalue weighted by molar-refractivity contribution is 6.02. The number of benzene rings is 1. The van der Waals surface area contributed by atoms with Gasteiger partial charge < -0.3 is 4.84 Å². The number of hydrogen-bond donors (Lipinski definition) is 0. The van der Waals surface area contributed by atoms with Gasteiger partial charge in [-0.15, -0.1) is 0 Å². The lowest BCUT2D eigenvalue weighted by Crippen LogP contribution is -2.08. The summed E-state index contributed by atoms with van der Waals surface area (Å²) in [6, 6.07) is 0. The van der Waals surface area contributed by atoms with Crippen molar-refractivity contribution in [1.29, 1.82) is 0 Å². The molecule has 0 aliphatic rings. The van der Waals surface area contributed by atoms with Gasteiger partial charge in [0.25, 0.3) is 0 Å². The summed E-state index contributed by atoms with van der Waals surface area (Å²) in [4.78, 5) is 15.5. The van der Waals surface area contributed by atoms with E-state index in [4.69, 9.17) is 4.84 Å². The smallest absolute Gasteiger partial charge is 0.318 e. The van der Waals surface area contributed by atoms with Crippen LogP contribution in [0.25, 0.3) is 0 Å². The van der Waals surface area contributed by atoms with Crippen LogP contribution in [0.1, 0.15) is 47.2 Å². The number of hydrogen-bond acceptors (Lipinski definition) is 3. The molecule has 1 aromatic rings. The molecule has 0 fully saturated rings. The Bertz CT molecular complexity index is 499. The minimum Gasteiger partial charge on any atom is -0.318 e. The second kappa shape index (κ2) is 5.34. The zero-order valence-corrected chi connectivity index (χ0v) is 12.3. The predicted molar refractivity (Wildman–Crippen MR) is 74.1 cm³/mol. The molecule has 0 saturated carbocycles. The van der Waals surface area contributed by atoms with Crippen LogP contribution in [0, 0.1) is 34.6 Å². The fraction of sp³-hybridized carbons (Fsp3) is 0.467. The van der Waals surface area contributed by atoms with Gasteiger partial charge in [-0.3, -0.25) is 0 Å². The molecule has 0 aliphatic carbocycles. The van der Waals surface area contributed by atoms with Crippen molar-refractivity contribution in [2.75, 3.05) is 0 Å². The zero-order chi connectivity index (χ0) is 14.0. The first-order valence-electron chi connectivity index (χ1n) is 6.06. The molecule has 1 aromatic carbocycles.